The molecule has 0 saturated carbocycles. The summed E-state index contributed by atoms with van der Waals surface area (Å²) in [5, 5.41) is 4.28. The van der Waals surface area contributed by atoms with Crippen molar-refractivity contribution in [3.8, 4) is 0 Å². The standard InChI is InChI=1S/C10H6Cl3N3/c11-6-2-1-3-7(10(6)13)16-9-4-8(12)14-5-15-9/h1-5H,(H,14,15,16). The van der Waals surface area contributed by atoms with Crippen molar-refractivity contribution in [1.82, 2.24) is 9.97 Å². The highest BCUT2D eigenvalue weighted by molar-refractivity contribution is 6.43. The van der Waals surface area contributed by atoms with Gasteiger partial charge in [0.15, 0.2) is 0 Å². The molecular weight excluding hydrogens is 268 g/mol. The van der Waals surface area contributed by atoms with E-state index < -0.39 is 0 Å². The van der Waals surface area contributed by atoms with Crippen molar-refractivity contribution >= 4 is 46.3 Å². The molecule has 16 heavy (non-hydrogen) atoms. The van der Waals surface area contributed by atoms with Crippen LogP contribution in [-0.2, 0) is 0 Å². The van der Waals surface area contributed by atoms with Crippen LogP contribution in [0.25, 0.3) is 0 Å². The maximum atomic E-state index is 6.01. The normalized spacial score (nSPS) is 10.2. The van der Waals surface area contributed by atoms with Gasteiger partial charge < -0.3 is 5.32 Å². The van der Waals surface area contributed by atoms with Gasteiger partial charge in [-0.3, -0.25) is 0 Å². The number of halogens is 3. The Balaban J connectivity index is 2.31. The highest BCUT2D eigenvalue weighted by Gasteiger charge is 2.05. The quantitative estimate of drug-likeness (QED) is 0.835. The first-order chi connectivity index (χ1) is 7.66. The number of hydrogen-bond acceptors (Lipinski definition) is 3. The average molecular weight is 275 g/mol. The summed E-state index contributed by atoms with van der Waals surface area (Å²) < 4.78 is 0. The van der Waals surface area contributed by atoms with E-state index in [1.54, 1.807) is 24.3 Å². The molecule has 0 aliphatic rings. The SMILES string of the molecule is Clc1cc(Nc2cccc(Cl)c2Cl)ncn1. The van der Waals surface area contributed by atoms with Crippen LogP contribution in [0.15, 0.2) is 30.6 Å². The Bertz CT molecular complexity index is 516. The molecule has 0 bridgehead atoms. The molecule has 0 amide bonds. The fraction of sp³-hybridized carbons (Fsp3) is 0. The first-order valence-corrected chi connectivity index (χ1v) is 5.49. The highest BCUT2D eigenvalue weighted by atomic mass is 35.5. The molecule has 0 spiro atoms. The van der Waals surface area contributed by atoms with Crippen molar-refractivity contribution in [3.63, 3.8) is 0 Å². The van der Waals surface area contributed by atoms with Gasteiger partial charge in [-0.2, -0.15) is 0 Å². The molecule has 1 heterocycles. The molecule has 2 rings (SSSR count). The highest BCUT2D eigenvalue weighted by Crippen LogP contribution is 2.31. The summed E-state index contributed by atoms with van der Waals surface area (Å²) in [5.74, 6) is 0.559. The van der Waals surface area contributed by atoms with Crippen molar-refractivity contribution in [1.29, 1.82) is 0 Å². The third kappa shape index (κ3) is 2.55. The van der Waals surface area contributed by atoms with E-state index in [2.05, 4.69) is 15.3 Å². The van der Waals surface area contributed by atoms with Crippen LogP contribution in [0.1, 0.15) is 0 Å². The van der Waals surface area contributed by atoms with Crippen LogP contribution in [0, 0.1) is 0 Å². The Morgan fingerprint density at radius 1 is 1.06 bits per heavy atom. The van der Waals surface area contributed by atoms with E-state index in [0.29, 0.717) is 26.7 Å². The van der Waals surface area contributed by atoms with Gasteiger partial charge in [0.25, 0.3) is 0 Å². The molecule has 0 aliphatic carbocycles. The summed E-state index contributed by atoms with van der Waals surface area (Å²) in [7, 11) is 0. The molecular formula is C10H6Cl3N3. The predicted octanol–water partition coefficient (Wildman–Crippen LogP) is 4.18. The van der Waals surface area contributed by atoms with E-state index in [9.17, 15) is 0 Å². The van der Waals surface area contributed by atoms with Crippen LogP contribution in [0.4, 0.5) is 11.5 Å². The zero-order valence-corrected chi connectivity index (χ0v) is 10.2. The molecule has 0 fully saturated rings. The molecule has 1 aromatic heterocycles. The number of rotatable bonds is 2. The Kier molecular flexibility index (Phi) is 3.49. The lowest BCUT2D eigenvalue weighted by atomic mass is 10.3. The molecule has 3 nitrogen and oxygen atoms in total. The van der Waals surface area contributed by atoms with Crippen LogP contribution in [0.3, 0.4) is 0 Å². The van der Waals surface area contributed by atoms with Gasteiger partial charge in [-0.25, -0.2) is 9.97 Å². The predicted molar refractivity (Wildman–Crippen MR) is 66.8 cm³/mol. The lowest BCUT2D eigenvalue weighted by Crippen LogP contribution is -1.94. The Morgan fingerprint density at radius 2 is 1.88 bits per heavy atom. The minimum Gasteiger partial charge on any atom is -0.339 e. The largest absolute Gasteiger partial charge is 0.339 e. The molecule has 0 radical (unpaired) electrons. The van der Waals surface area contributed by atoms with Gasteiger partial charge in [0.2, 0.25) is 0 Å². The summed E-state index contributed by atoms with van der Waals surface area (Å²) in [6.07, 6.45) is 1.36. The first kappa shape index (κ1) is 11.5. The number of hydrogen-bond donors (Lipinski definition) is 1. The van der Waals surface area contributed by atoms with Gasteiger partial charge >= 0.3 is 0 Å². The van der Waals surface area contributed by atoms with Crippen molar-refractivity contribution < 1.29 is 0 Å². The van der Waals surface area contributed by atoms with E-state index in [1.807, 2.05) is 0 Å². The summed E-state index contributed by atoms with van der Waals surface area (Å²) in [6, 6.07) is 6.89. The molecule has 0 aliphatic heterocycles. The van der Waals surface area contributed by atoms with Crippen molar-refractivity contribution in [3.05, 3.63) is 45.8 Å². The Hall–Kier alpha value is -1.03. The van der Waals surface area contributed by atoms with E-state index in [0.717, 1.165) is 0 Å². The lowest BCUT2D eigenvalue weighted by Gasteiger charge is -2.08. The zero-order chi connectivity index (χ0) is 11.5. The smallest absolute Gasteiger partial charge is 0.135 e. The number of nitrogens with zero attached hydrogens (tertiary/aromatic N) is 2. The zero-order valence-electron chi connectivity index (χ0n) is 7.92. The van der Waals surface area contributed by atoms with Gasteiger partial charge in [0.05, 0.1) is 15.7 Å². The van der Waals surface area contributed by atoms with Crippen molar-refractivity contribution in [2.45, 2.75) is 0 Å². The van der Waals surface area contributed by atoms with E-state index >= 15 is 0 Å². The molecule has 1 N–H and O–H groups in total. The van der Waals surface area contributed by atoms with Crippen LogP contribution in [0.5, 0.6) is 0 Å². The second-order valence-electron chi connectivity index (χ2n) is 2.95. The molecule has 0 atom stereocenters. The van der Waals surface area contributed by atoms with Gasteiger partial charge in [0, 0.05) is 6.07 Å². The fourth-order valence-corrected chi connectivity index (χ4v) is 1.64. The summed E-state index contributed by atoms with van der Waals surface area (Å²) in [5.41, 5.74) is 0.670. The van der Waals surface area contributed by atoms with Crippen LogP contribution >= 0.6 is 34.8 Å². The number of anilines is 2. The third-order valence-corrected chi connectivity index (χ3v) is 2.87. The third-order valence-electron chi connectivity index (χ3n) is 1.85. The maximum absolute atomic E-state index is 6.01. The topological polar surface area (TPSA) is 37.8 Å². The van der Waals surface area contributed by atoms with Gasteiger partial charge in [-0.1, -0.05) is 40.9 Å². The summed E-state index contributed by atoms with van der Waals surface area (Å²) >= 11 is 17.6. The minimum atomic E-state index is 0.357. The van der Waals surface area contributed by atoms with E-state index in [-0.39, 0.29) is 0 Å². The lowest BCUT2D eigenvalue weighted by molar-refractivity contribution is 1.17. The average Bonchev–Trinajstić information content (AvgIpc) is 2.25. The minimum absolute atomic E-state index is 0.357. The van der Waals surface area contributed by atoms with Gasteiger partial charge in [0.1, 0.15) is 17.3 Å². The Morgan fingerprint density at radius 3 is 2.62 bits per heavy atom. The van der Waals surface area contributed by atoms with Crippen molar-refractivity contribution in [2.24, 2.45) is 0 Å². The van der Waals surface area contributed by atoms with Crippen LogP contribution in [-0.4, -0.2) is 9.97 Å². The monoisotopic (exact) mass is 273 g/mol. The molecule has 1 aromatic carbocycles. The first-order valence-electron chi connectivity index (χ1n) is 4.35. The van der Waals surface area contributed by atoms with Gasteiger partial charge in [-0.05, 0) is 12.1 Å². The summed E-state index contributed by atoms with van der Waals surface area (Å²) in [4.78, 5) is 7.77. The van der Waals surface area contributed by atoms with Gasteiger partial charge in [-0.15, -0.1) is 0 Å². The van der Waals surface area contributed by atoms with Crippen molar-refractivity contribution in [2.75, 3.05) is 5.32 Å². The number of aromatic nitrogens is 2. The second kappa shape index (κ2) is 4.87. The van der Waals surface area contributed by atoms with Crippen LogP contribution < -0.4 is 5.32 Å². The number of benzene rings is 1. The van der Waals surface area contributed by atoms with E-state index in [1.165, 1.54) is 6.33 Å². The second-order valence-corrected chi connectivity index (χ2v) is 4.12. The molecule has 82 valence electrons. The van der Waals surface area contributed by atoms with Crippen LogP contribution in [0.2, 0.25) is 15.2 Å². The fourth-order valence-electron chi connectivity index (χ4n) is 1.14. The number of nitrogens with one attached hydrogen (secondary N) is 1. The maximum Gasteiger partial charge on any atom is 0.135 e. The Labute approximate surface area is 107 Å². The molecule has 6 heteroatoms. The molecule has 0 unspecified atom stereocenters. The molecule has 0 saturated heterocycles. The summed E-state index contributed by atoms with van der Waals surface area (Å²) in [6.45, 7) is 0. The molecule has 2 aromatic rings. The van der Waals surface area contributed by atoms with E-state index in [4.69, 9.17) is 34.8 Å².